The Morgan fingerprint density at radius 1 is 1.30 bits per heavy atom. The van der Waals surface area contributed by atoms with Crippen LogP contribution in [0.2, 0.25) is 0 Å². The van der Waals surface area contributed by atoms with E-state index in [-0.39, 0.29) is 42.6 Å². The van der Waals surface area contributed by atoms with Gasteiger partial charge in [-0.2, -0.15) is 0 Å². The molecule has 1 fully saturated rings. The van der Waals surface area contributed by atoms with Gasteiger partial charge in [0.25, 0.3) is 0 Å². The molecule has 1 saturated heterocycles. The SMILES string of the molecule is CCCCC(CN)NC(=O)C1CC(=O)N(c2cc(OC)cc(OC)c2)C1.Cl. The Morgan fingerprint density at radius 3 is 2.44 bits per heavy atom. The zero-order valence-electron chi connectivity index (χ0n) is 16.2. The van der Waals surface area contributed by atoms with Crippen molar-refractivity contribution in [1.82, 2.24) is 5.32 Å². The summed E-state index contributed by atoms with van der Waals surface area (Å²) in [6, 6.07) is 5.24. The summed E-state index contributed by atoms with van der Waals surface area (Å²) in [4.78, 5) is 26.6. The zero-order valence-corrected chi connectivity index (χ0v) is 17.0. The molecule has 0 spiro atoms. The van der Waals surface area contributed by atoms with Gasteiger partial charge in [-0.25, -0.2) is 0 Å². The molecular weight excluding hydrogens is 370 g/mol. The summed E-state index contributed by atoms with van der Waals surface area (Å²) in [5.74, 6) is 0.626. The fraction of sp³-hybridized carbons (Fsp3) is 0.579. The number of benzene rings is 1. The lowest BCUT2D eigenvalue weighted by Crippen LogP contribution is -2.43. The number of nitrogens with one attached hydrogen (secondary N) is 1. The molecule has 0 radical (unpaired) electrons. The monoisotopic (exact) mass is 399 g/mol. The topological polar surface area (TPSA) is 93.9 Å². The molecule has 1 aliphatic heterocycles. The van der Waals surface area contributed by atoms with E-state index in [9.17, 15) is 9.59 Å². The normalized spacial score (nSPS) is 17.3. The second-order valence-electron chi connectivity index (χ2n) is 6.56. The minimum absolute atomic E-state index is 0. The number of halogens is 1. The highest BCUT2D eigenvalue weighted by Gasteiger charge is 2.36. The van der Waals surface area contributed by atoms with Gasteiger partial charge in [-0.15, -0.1) is 12.4 Å². The summed E-state index contributed by atoms with van der Waals surface area (Å²) in [6.07, 6.45) is 3.12. The minimum Gasteiger partial charge on any atom is -0.497 e. The van der Waals surface area contributed by atoms with Gasteiger partial charge in [0.1, 0.15) is 11.5 Å². The molecule has 2 rings (SSSR count). The van der Waals surface area contributed by atoms with E-state index in [1.165, 1.54) is 0 Å². The maximum Gasteiger partial charge on any atom is 0.227 e. The van der Waals surface area contributed by atoms with Gasteiger partial charge in [-0.3, -0.25) is 9.59 Å². The second-order valence-corrected chi connectivity index (χ2v) is 6.56. The van der Waals surface area contributed by atoms with Crippen LogP contribution in [-0.4, -0.2) is 45.2 Å². The van der Waals surface area contributed by atoms with Crippen molar-refractivity contribution < 1.29 is 19.1 Å². The van der Waals surface area contributed by atoms with E-state index in [0.29, 0.717) is 30.3 Å². The first kappa shape index (κ1) is 23.0. The van der Waals surface area contributed by atoms with Crippen LogP contribution < -0.4 is 25.4 Å². The molecule has 0 aliphatic carbocycles. The average Bonchev–Trinajstić information content (AvgIpc) is 3.06. The van der Waals surface area contributed by atoms with Crippen LogP contribution in [0.1, 0.15) is 32.6 Å². The van der Waals surface area contributed by atoms with E-state index in [1.54, 1.807) is 37.3 Å². The van der Waals surface area contributed by atoms with E-state index >= 15 is 0 Å². The van der Waals surface area contributed by atoms with E-state index in [4.69, 9.17) is 15.2 Å². The number of hydrogen-bond donors (Lipinski definition) is 2. The maximum absolute atomic E-state index is 12.6. The molecule has 1 heterocycles. The summed E-state index contributed by atoms with van der Waals surface area (Å²) in [7, 11) is 3.12. The van der Waals surface area contributed by atoms with Crippen molar-refractivity contribution in [2.75, 3.05) is 32.2 Å². The third-order valence-electron chi connectivity index (χ3n) is 4.68. The molecule has 2 atom stereocenters. The Bertz CT molecular complexity index is 619. The van der Waals surface area contributed by atoms with Gasteiger partial charge < -0.3 is 25.4 Å². The van der Waals surface area contributed by atoms with Crippen molar-refractivity contribution in [3.05, 3.63) is 18.2 Å². The van der Waals surface area contributed by atoms with Crippen LogP contribution in [0.5, 0.6) is 11.5 Å². The summed E-state index contributed by atoms with van der Waals surface area (Å²) in [6.45, 7) is 2.85. The van der Waals surface area contributed by atoms with E-state index in [1.807, 2.05) is 0 Å². The van der Waals surface area contributed by atoms with Crippen molar-refractivity contribution in [2.24, 2.45) is 11.7 Å². The molecule has 7 nitrogen and oxygen atoms in total. The quantitative estimate of drug-likeness (QED) is 0.663. The number of rotatable bonds is 9. The highest BCUT2D eigenvalue weighted by atomic mass is 35.5. The molecule has 1 aromatic carbocycles. The first-order valence-corrected chi connectivity index (χ1v) is 9.06. The van der Waals surface area contributed by atoms with Gasteiger partial charge in [-0.05, 0) is 6.42 Å². The lowest BCUT2D eigenvalue weighted by molar-refractivity contribution is -0.126. The number of methoxy groups -OCH3 is 2. The van der Waals surface area contributed by atoms with Crippen molar-refractivity contribution in [2.45, 2.75) is 38.6 Å². The Kier molecular flexibility index (Phi) is 9.38. The molecule has 27 heavy (non-hydrogen) atoms. The number of ether oxygens (including phenoxy) is 2. The highest BCUT2D eigenvalue weighted by molar-refractivity contribution is 6.00. The van der Waals surface area contributed by atoms with E-state index < -0.39 is 0 Å². The van der Waals surface area contributed by atoms with Crippen molar-refractivity contribution in [3.8, 4) is 11.5 Å². The second kappa shape index (κ2) is 11.0. The van der Waals surface area contributed by atoms with Crippen LogP contribution >= 0.6 is 12.4 Å². The Balaban J connectivity index is 0.00000364. The van der Waals surface area contributed by atoms with Gasteiger partial charge >= 0.3 is 0 Å². The van der Waals surface area contributed by atoms with Crippen LogP contribution in [0.3, 0.4) is 0 Å². The predicted molar refractivity (Wildman–Crippen MR) is 108 cm³/mol. The fourth-order valence-electron chi connectivity index (χ4n) is 3.10. The summed E-state index contributed by atoms with van der Waals surface area (Å²) >= 11 is 0. The van der Waals surface area contributed by atoms with Gasteiger partial charge in [-0.1, -0.05) is 19.8 Å². The average molecular weight is 400 g/mol. The molecule has 8 heteroatoms. The number of amides is 2. The lowest BCUT2D eigenvalue weighted by atomic mass is 10.1. The molecule has 0 bridgehead atoms. The molecular formula is C19H30ClN3O4. The van der Waals surface area contributed by atoms with Gasteiger partial charge in [0.2, 0.25) is 11.8 Å². The fourth-order valence-corrected chi connectivity index (χ4v) is 3.10. The zero-order chi connectivity index (χ0) is 19.1. The molecule has 3 N–H and O–H groups in total. The number of carbonyl (C=O) groups excluding carboxylic acids is 2. The number of unbranched alkanes of at least 4 members (excludes halogenated alkanes) is 1. The van der Waals surface area contributed by atoms with Gasteiger partial charge in [0, 0.05) is 43.8 Å². The third-order valence-corrected chi connectivity index (χ3v) is 4.68. The molecule has 2 amide bonds. The number of nitrogens with zero attached hydrogens (tertiary/aromatic N) is 1. The van der Waals surface area contributed by atoms with Crippen LogP contribution in [-0.2, 0) is 9.59 Å². The number of anilines is 1. The highest BCUT2D eigenvalue weighted by Crippen LogP contribution is 2.32. The number of carbonyl (C=O) groups is 2. The van der Waals surface area contributed by atoms with E-state index in [0.717, 1.165) is 19.3 Å². The first-order valence-electron chi connectivity index (χ1n) is 9.06. The third kappa shape index (κ3) is 6.01. The molecule has 0 saturated carbocycles. The van der Waals surface area contributed by atoms with Crippen LogP contribution in [0.15, 0.2) is 18.2 Å². The summed E-state index contributed by atoms with van der Waals surface area (Å²) in [5.41, 5.74) is 6.42. The largest absolute Gasteiger partial charge is 0.497 e. The first-order chi connectivity index (χ1) is 12.5. The summed E-state index contributed by atoms with van der Waals surface area (Å²) in [5, 5.41) is 2.99. The van der Waals surface area contributed by atoms with Gasteiger partial charge in [0.05, 0.1) is 25.8 Å². The Hall–Kier alpha value is -1.99. The smallest absolute Gasteiger partial charge is 0.227 e. The predicted octanol–water partition coefficient (Wildman–Crippen LogP) is 2.11. The lowest BCUT2D eigenvalue weighted by Gasteiger charge is -2.20. The Morgan fingerprint density at radius 2 is 1.93 bits per heavy atom. The standard InChI is InChI=1S/C19H29N3O4.ClH/c1-4-5-6-14(11-20)21-19(24)13-7-18(23)22(12-13)15-8-16(25-2)10-17(9-15)26-3;/h8-10,13-14H,4-7,11-12,20H2,1-3H3,(H,21,24);1H. The number of hydrogen-bond acceptors (Lipinski definition) is 5. The molecule has 1 aliphatic rings. The molecule has 2 unspecified atom stereocenters. The molecule has 0 aromatic heterocycles. The molecule has 152 valence electrons. The Labute approximate surface area is 167 Å². The van der Waals surface area contributed by atoms with Crippen molar-refractivity contribution in [1.29, 1.82) is 0 Å². The minimum atomic E-state index is -0.379. The molecule has 1 aromatic rings. The van der Waals surface area contributed by atoms with Crippen LogP contribution in [0.4, 0.5) is 5.69 Å². The van der Waals surface area contributed by atoms with Gasteiger partial charge in [0.15, 0.2) is 0 Å². The number of nitrogens with two attached hydrogens (primary N) is 1. The van der Waals surface area contributed by atoms with Crippen molar-refractivity contribution >= 4 is 29.9 Å². The summed E-state index contributed by atoms with van der Waals surface area (Å²) < 4.78 is 10.5. The maximum atomic E-state index is 12.6. The van der Waals surface area contributed by atoms with Crippen LogP contribution in [0, 0.1) is 5.92 Å². The van der Waals surface area contributed by atoms with E-state index in [2.05, 4.69) is 12.2 Å². The van der Waals surface area contributed by atoms with Crippen molar-refractivity contribution in [3.63, 3.8) is 0 Å². The van der Waals surface area contributed by atoms with Crippen LogP contribution in [0.25, 0.3) is 0 Å².